The topological polar surface area (TPSA) is 60.4 Å². The van der Waals surface area contributed by atoms with Gasteiger partial charge < -0.3 is 14.2 Å². The molecule has 0 saturated carbocycles. The van der Waals surface area contributed by atoms with Gasteiger partial charge in [0.1, 0.15) is 19.0 Å². The first-order chi connectivity index (χ1) is 17.5. The summed E-state index contributed by atoms with van der Waals surface area (Å²) in [5, 5.41) is 5.87. The van der Waals surface area contributed by atoms with E-state index < -0.39 is 0 Å². The van der Waals surface area contributed by atoms with Crippen LogP contribution in [0.3, 0.4) is 0 Å². The van der Waals surface area contributed by atoms with Crippen molar-refractivity contribution in [3.05, 3.63) is 101 Å². The first-order valence-electron chi connectivity index (χ1n) is 11.5. The quantitative estimate of drug-likeness (QED) is 0.166. The van der Waals surface area contributed by atoms with E-state index in [0.29, 0.717) is 41.7 Å². The Morgan fingerprint density at radius 1 is 0.972 bits per heavy atom. The van der Waals surface area contributed by atoms with Gasteiger partial charge in [-0.3, -0.25) is 4.79 Å². The van der Waals surface area contributed by atoms with Crippen LogP contribution in [0.1, 0.15) is 18.1 Å². The summed E-state index contributed by atoms with van der Waals surface area (Å²) in [5.74, 6) is 1.78. The molecule has 1 amide bonds. The number of halogens is 1. The summed E-state index contributed by atoms with van der Waals surface area (Å²) in [6.07, 6.45) is 4.42. The van der Waals surface area contributed by atoms with Crippen molar-refractivity contribution in [2.24, 2.45) is 5.10 Å². The summed E-state index contributed by atoms with van der Waals surface area (Å²) in [5.41, 5.74) is 3.75. The van der Waals surface area contributed by atoms with Crippen molar-refractivity contribution >= 4 is 39.3 Å². The molecule has 0 aromatic heterocycles. The van der Waals surface area contributed by atoms with Crippen LogP contribution >= 0.6 is 15.9 Å². The fourth-order valence-electron chi connectivity index (χ4n) is 3.78. The lowest BCUT2D eigenvalue weighted by Gasteiger charge is -2.14. The number of allylic oxidation sites excluding steroid dienone is 1. The van der Waals surface area contributed by atoms with Crippen molar-refractivity contribution in [2.45, 2.75) is 13.3 Å². The Balaban J connectivity index is 1.46. The number of benzene rings is 3. The zero-order valence-electron chi connectivity index (χ0n) is 20.2. The number of para-hydroxylation sites is 1. The number of hydrogen-bond acceptors (Lipinski definition) is 5. The highest BCUT2D eigenvalue weighted by Gasteiger charge is 2.28. The lowest BCUT2D eigenvalue weighted by Crippen LogP contribution is -2.21. The average Bonchev–Trinajstić information content (AvgIpc) is 3.17. The normalized spacial score (nSPS) is 14.1. The minimum atomic E-state index is -0.181. The Kier molecular flexibility index (Phi) is 8.23. The fourth-order valence-corrected chi connectivity index (χ4v) is 4.15. The molecule has 0 N–H and O–H groups in total. The van der Waals surface area contributed by atoms with E-state index in [2.05, 4.69) is 27.6 Å². The lowest BCUT2D eigenvalue weighted by molar-refractivity contribution is -0.114. The number of rotatable bonds is 10. The molecule has 1 aliphatic rings. The molecule has 36 heavy (non-hydrogen) atoms. The van der Waals surface area contributed by atoms with Crippen LogP contribution < -0.4 is 19.2 Å². The van der Waals surface area contributed by atoms with Gasteiger partial charge in [-0.1, -0.05) is 46.3 Å². The molecule has 0 atom stereocenters. The van der Waals surface area contributed by atoms with E-state index in [1.54, 1.807) is 7.11 Å². The predicted octanol–water partition coefficient (Wildman–Crippen LogP) is 6.45. The summed E-state index contributed by atoms with van der Waals surface area (Å²) in [6, 6.07) is 20.9. The van der Waals surface area contributed by atoms with E-state index in [-0.39, 0.29) is 5.91 Å². The molecular weight excluding hydrogens is 520 g/mol. The first kappa shape index (κ1) is 25.3. The molecule has 0 unspecified atom stereocenters. The van der Waals surface area contributed by atoms with Gasteiger partial charge in [0.15, 0.2) is 11.5 Å². The highest BCUT2D eigenvalue weighted by atomic mass is 79.9. The van der Waals surface area contributed by atoms with Gasteiger partial charge in [-0.15, -0.1) is 6.58 Å². The number of hydrogen-bond donors (Lipinski definition) is 0. The molecule has 0 radical (unpaired) electrons. The molecule has 1 aliphatic heterocycles. The Bertz CT molecular complexity index is 1320. The number of ether oxygens (including phenoxy) is 3. The number of carbonyl (C=O) groups is 1. The molecule has 0 fully saturated rings. The third-order valence-electron chi connectivity index (χ3n) is 5.54. The van der Waals surface area contributed by atoms with E-state index >= 15 is 0 Å². The summed E-state index contributed by atoms with van der Waals surface area (Å²) >= 11 is 3.51. The Morgan fingerprint density at radius 3 is 2.42 bits per heavy atom. The second-order valence-electron chi connectivity index (χ2n) is 8.05. The summed E-state index contributed by atoms with van der Waals surface area (Å²) < 4.78 is 18.3. The molecule has 3 aromatic carbocycles. The lowest BCUT2D eigenvalue weighted by atomic mass is 10.1. The molecule has 7 heteroatoms. The van der Waals surface area contributed by atoms with Crippen molar-refractivity contribution < 1.29 is 19.0 Å². The van der Waals surface area contributed by atoms with Crippen LogP contribution in [0.25, 0.3) is 6.08 Å². The molecule has 6 nitrogen and oxygen atoms in total. The molecule has 0 saturated heterocycles. The van der Waals surface area contributed by atoms with Gasteiger partial charge in [-0.05, 0) is 67.4 Å². The number of carbonyl (C=O) groups excluding carboxylic acids is 1. The van der Waals surface area contributed by atoms with E-state index in [0.717, 1.165) is 27.7 Å². The van der Waals surface area contributed by atoms with Gasteiger partial charge >= 0.3 is 0 Å². The average molecular weight is 547 g/mol. The second kappa shape index (κ2) is 11.7. The van der Waals surface area contributed by atoms with Crippen molar-refractivity contribution in [1.82, 2.24) is 0 Å². The monoisotopic (exact) mass is 546 g/mol. The van der Waals surface area contributed by atoms with E-state index in [4.69, 9.17) is 14.2 Å². The van der Waals surface area contributed by atoms with Crippen molar-refractivity contribution in [1.29, 1.82) is 0 Å². The largest absolute Gasteiger partial charge is 0.493 e. The highest BCUT2D eigenvalue weighted by molar-refractivity contribution is 9.10. The van der Waals surface area contributed by atoms with Crippen LogP contribution in [0.5, 0.6) is 17.2 Å². The molecule has 4 rings (SSSR count). The van der Waals surface area contributed by atoms with Crippen LogP contribution in [-0.2, 0) is 11.2 Å². The summed E-state index contributed by atoms with van der Waals surface area (Å²) in [4.78, 5) is 13.1. The maximum absolute atomic E-state index is 13.1. The van der Waals surface area contributed by atoms with Gasteiger partial charge in [-0.25, -0.2) is 0 Å². The van der Waals surface area contributed by atoms with Crippen LogP contribution in [0, 0.1) is 0 Å². The predicted molar refractivity (Wildman–Crippen MR) is 147 cm³/mol. The minimum Gasteiger partial charge on any atom is -0.493 e. The molecular formula is C29H27BrN2O4. The minimum absolute atomic E-state index is 0.181. The fraction of sp³-hybridized carbons (Fsp3) is 0.172. The Morgan fingerprint density at radius 2 is 1.69 bits per heavy atom. The molecule has 184 valence electrons. The Hall–Kier alpha value is -3.84. The zero-order chi connectivity index (χ0) is 25.5. The van der Waals surface area contributed by atoms with Crippen LogP contribution in [-0.4, -0.2) is 31.9 Å². The van der Waals surface area contributed by atoms with Gasteiger partial charge in [0, 0.05) is 10.0 Å². The third kappa shape index (κ3) is 5.86. The Labute approximate surface area is 219 Å². The molecule has 0 bridgehead atoms. The molecule has 0 spiro atoms. The van der Waals surface area contributed by atoms with Crippen molar-refractivity contribution in [2.75, 3.05) is 25.3 Å². The molecule has 3 aromatic rings. The smallest absolute Gasteiger partial charge is 0.280 e. The van der Waals surface area contributed by atoms with Gasteiger partial charge in [0.2, 0.25) is 0 Å². The number of anilines is 1. The standard InChI is InChI=1S/C29H27BrN2O4/c1-4-8-21-11-13-27(28(17-21)34-3)36-16-15-35-26-14-12-23(30)18-22(26)19-25-20(2)31-32(29(25)33)24-9-6-5-7-10-24/h4-7,9-14,17-19H,1,8,15-16H2,2-3H3. The number of hydrazone groups is 1. The highest BCUT2D eigenvalue weighted by Crippen LogP contribution is 2.31. The van der Waals surface area contributed by atoms with Gasteiger partial charge in [-0.2, -0.15) is 10.1 Å². The number of nitrogens with zero attached hydrogens (tertiary/aromatic N) is 2. The van der Waals surface area contributed by atoms with E-state index in [9.17, 15) is 4.79 Å². The zero-order valence-corrected chi connectivity index (χ0v) is 21.8. The van der Waals surface area contributed by atoms with Crippen molar-refractivity contribution in [3.63, 3.8) is 0 Å². The molecule has 1 heterocycles. The maximum atomic E-state index is 13.1. The van der Waals surface area contributed by atoms with E-state index in [1.807, 2.05) is 85.8 Å². The van der Waals surface area contributed by atoms with Crippen LogP contribution in [0.2, 0.25) is 0 Å². The maximum Gasteiger partial charge on any atom is 0.280 e. The summed E-state index contributed by atoms with van der Waals surface area (Å²) in [7, 11) is 1.62. The van der Waals surface area contributed by atoms with Gasteiger partial charge in [0.25, 0.3) is 5.91 Å². The number of methoxy groups -OCH3 is 1. The van der Waals surface area contributed by atoms with Crippen molar-refractivity contribution in [3.8, 4) is 17.2 Å². The van der Waals surface area contributed by atoms with E-state index in [1.165, 1.54) is 5.01 Å². The molecule has 0 aliphatic carbocycles. The van der Waals surface area contributed by atoms with Crippen LogP contribution in [0.15, 0.2) is 94.5 Å². The number of amides is 1. The SMILES string of the molecule is C=CCc1ccc(OCCOc2ccc(Br)cc2C=C2C(=O)N(c3ccccc3)N=C2C)c(OC)c1. The first-order valence-corrected chi connectivity index (χ1v) is 12.3. The van der Waals surface area contributed by atoms with Gasteiger partial charge in [0.05, 0.1) is 24.1 Å². The van der Waals surface area contributed by atoms with Crippen LogP contribution in [0.4, 0.5) is 5.69 Å². The third-order valence-corrected chi connectivity index (χ3v) is 6.03. The summed E-state index contributed by atoms with van der Waals surface area (Å²) in [6.45, 7) is 6.23. The second-order valence-corrected chi connectivity index (χ2v) is 8.97.